The standard InChI is InChI=1S/C9H6F3N3O/c10-9(11,12)8(16)15-7-2-1-5(4-13)3-6(7)14/h1-3H,14H2,(H,15,16). The number of nitrogen functional groups attached to an aromatic ring is 1. The van der Waals surface area contributed by atoms with Crippen LogP contribution in [-0.2, 0) is 4.79 Å². The number of nitrogens with zero attached hydrogens (tertiary/aromatic N) is 1. The summed E-state index contributed by atoms with van der Waals surface area (Å²) in [5, 5.41) is 10.1. The third-order valence-electron chi connectivity index (χ3n) is 1.69. The highest BCUT2D eigenvalue weighted by Gasteiger charge is 2.38. The van der Waals surface area contributed by atoms with Gasteiger partial charge < -0.3 is 11.1 Å². The average Bonchev–Trinajstić information content (AvgIpc) is 2.19. The van der Waals surface area contributed by atoms with E-state index >= 15 is 0 Å². The molecule has 1 aromatic rings. The molecule has 0 fully saturated rings. The molecule has 0 aliphatic rings. The first-order valence-electron chi connectivity index (χ1n) is 4.02. The van der Waals surface area contributed by atoms with Crippen LogP contribution in [0.15, 0.2) is 18.2 Å². The predicted molar refractivity (Wildman–Crippen MR) is 50.3 cm³/mol. The van der Waals surface area contributed by atoms with E-state index in [1.165, 1.54) is 12.1 Å². The van der Waals surface area contributed by atoms with Crippen molar-refractivity contribution in [2.24, 2.45) is 0 Å². The van der Waals surface area contributed by atoms with Crippen LogP contribution in [0.5, 0.6) is 0 Å². The highest BCUT2D eigenvalue weighted by Crippen LogP contribution is 2.23. The van der Waals surface area contributed by atoms with Crippen LogP contribution in [0.25, 0.3) is 0 Å². The number of hydrogen-bond acceptors (Lipinski definition) is 3. The monoisotopic (exact) mass is 229 g/mol. The van der Waals surface area contributed by atoms with E-state index in [-0.39, 0.29) is 16.9 Å². The molecular weight excluding hydrogens is 223 g/mol. The van der Waals surface area contributed by atoms with Crippen molar-refractivity contribution in [2.75, 3.05) is 11.1 Å². The normalized spacial score (nSPS) is 10.6. The fourth-order valence-corrected chi connectivity index (χ4v) is 0.939. The van der Waals surface area contributed by atoms with Crippen molar-refractivity contribution in [3.8, 4) is 6.07 Å². The van der Waals surface area contributed by atoms with Crippen LogP contribution in [-0.4, -0.2) is 12.1 Å². The zero-order valence-electron chi connectivity index (χ0n) is 7.80. The molecule has 4 nitrogen and oxygen atoms in total. The van der Waals surface area contributed by atoms with Gasteiger partial charge in [0.2, 0.25) is 0 Å². The number of carbonyl (C=O) groups is 1. The SMILES string of the molecule is N#Cc1ccc(NC(=O)C(F)(F)F)c(N)c1. The van der Waals surface area contributed by atoms with Crippen molar-refractivity contribution in [1.29, 1.82) is 5.26 Å². The summed E-state index contributed by atoms with van der Waals surface area (Å²) in [4.78, 5) is 10.6. The Balaban J connectivity index is 2.92. The van der Waals surface area contributed by atoms with E-state index in [0.29, 0.717) is 0 Å². The van der Waals surface area contributed by atoms with E-state index in [4.69, 9.17) is 11.0 Å². The molecule has 0 bridgehead atoms. The van der Waals surface area contributed by atoms with E-state index in [1.54, 1.807) is 11.4 Å². The zero-order valence-corrected chi connectivity index (χ0v) is 7.80. The van der Waals surface area contributed by atoms with Crippen LogP contribution >= 0.6 is 0 Å². The lowest BCUT2D eigenvalue weighted by Crippen LogP contribution is -2.30. The number of halogens is 3. The summed E-state index contributed by atoms with van der Waals surface area (Å²) in [5.74, 6) is -2.11. The van der Waals surface area contributed by atoms with Gasteiger partial charge in [0.15, 0.2) is 0 Å². The Labute approximate surface area is 88.5 Å². The molecule has 0 radical (unpaired) electrons. The molecule has 0 aliphatic carbocycles. The summed E-state index contributed by atoms with van der Waals surface area (Å²) in [5.41, 5.74) is 5.27. The van der Waals surface area contributed by atoms with Gasteiger partial charge in [0.25, 0.3) is 0 Å². The van der Waals surface area contributed by atoms with Gasteiger partial charge in [-0.05, 0) is 18.2 Å². The average molecular weight is 229 g/mol. The van der Waals surface area contributed by atoms with E-state index in [0.717, 1.165) is 6.07 Å². The number of hydrogen-bond donors (Lipinski definition) is 2. The molecule has 0 saturated heterocycles. The fraction of sp³-hybridized carbons (Fsp3) is 0.111. The summed E-state index contributed by atoms with van der Waals surface area (Å²) in [7, 11) is 0. The number of nitrogens with two attached hydrogens (primary N) is 1. The largest absolute Gasteiger partial charge is 0.471 e. The molecule has 7 heteroatoms. The number of rotatable bonds is 1. The van der Waals surface area contributed by atoms with Gasteiger partial charge >= 0.3 is 12.1 Å². The first kappa shape index (κ1) is 11.8. The maximum absolute atomic E-state index is 11.9. The van der Waals surface area contributed by atoms with Gasteiger partial charge in [0, 0.05) is 0 Å². The number of amides is 1. The number of benzene rings is 1. The highest BCUT2D eigenvalue weighted by molar-refractivity contribution is 5.97. The predicted octanol–water partition coefficient (Wildman–Crippen LogP) is 1.64. The minimum atomic E-state index is -4.97. The molecule has 3 N–H and O–H groups in total. The second kappa shape index (κ2) is 4.10. The lowest BCUT2D eigenvalue weighted by Gasteiger charge is -2.09. The number of nitrogens with one attached hydrogen (secondary N) is 1. The van der Waals surface area contributed by atoms with Crippen LogP contribution in [0.4, 0.5) is 24.5 Å². The van der Waals surface area contributed by atoms with Crippen molar-refractivity contribution in [3.63, 3.8) is 0 Å². The molecule has 0 heterocycles. The Hall–Kier alpha value is -2.23. The van der Waals surface area contributed by atoms with Crippen molar-refractivity contribution in [2.45, 2.75) is 6.18 Å². The highest BCUT2D eigenvalue weighted by atomic mass is 19.4. The molecule has 0 spiro atoms. The Bertz CT molecular complexity index is 462. The number of nitriles is 1. The maximum Gasteiger partial charge on any atom is 0.471 e. The molecule has 0 unspecified atom stereocenters. The van der Waals surface area contributed by atoms with Crippen molar-refractivity contribution < 1.29 is 18.0 Å². The summed E-state index contributed by atoms with van der Waals surface area (Å²) >= 11 is 0. The Kier molecular flexibility index (Phi) is 3.04. The quantitative estimate of drug-likeness (QED) is 0.718. The Morgan fingerprint density at radius 3 is 2.50 bits per heavy atom. The molecule has 84 valence electrons. The minimum Gasteiger partial charge on any atom is -0.397 e. The number of carbonyl (C=O) groups excluding carboxylic acids is 1. The van der Waals surface area contributed by atoms with Gasteiger partial charge in [-0.2, -0.15) is 18.4 Å². The Morgan fingerprint density at radius 1 is 1.44 bits per heavy atom. The van der Waals surface area contributed by atoms with Gasteiger partial charge in [-0.3, -0.25) is 4.79 Å². The summed E-state index contributed by atoms with van der Waals surface area (Å²) in [6.45, 7) is 0. The smallest absolute Gasteiger partial charge is 0.397 e. The van der Waals surface area contributed by atoms with Crippen LogP contribution in [0, 0.1) is 11.3 Å². The lowest BCUT2D eigenvalue weighted by atomic mass is 10.2. The number of anilines is 2. The lowest BCUT2D eigenvalue weighted by molar-refractivity contribution is -0.167. The van der Waals surface area contributed by atoms with E-state index in [9.17, 15) is 18.0 Å². The van der Waals surface area contributed by atoms with Crippen LogP contribution in [0.3, 0.4) is 0 Å². The van der Waals surface area contributed by atoms with Gasteiger partial charge in [-0.15, -0.1) is 0 Å². The summed E-state index contributed by atoms with van der Waals surface area (Å²) in [6, 6.07) is 5.33. The van der Waals surface area contributed by atoms with Crippen LogP contribution in [0.2, 0.25) is 0 Å². The van der Waals surface area contributed by atoms with Crippen molar-refractivity contribution in [1.82, 2.24) is 0 Å². The second-order valence-corrected chi connectivity index (χ2v) is 2.87. The minimum absolute atomic E-state index is 0.100. The second-order valence-electron chi connectivity index (χ2n) is 2.87. The maximum atomic E-state index is 11.9. The first-order chi connectivity index (χ1) is 7.34. The van der Waals surface area contributed by atoms with Gasteiger partial charge in [-0.25, -0.2) is 0 Å². The van der Waals surface area contributed by atoms with E-state index in [1.807, 2.05) is 0 Å². The molecule has 1 rings (SSSR count). The van der Waals surface area contributed by atoms with Crippen molar-refractivity contribution in [3.05, 3.63) is 23.8 Å². The van der Waals surface area contributed by atoms with Gasteiger partial charge in [-0.1, -0.05) is 0 Å². The van der Waals surface area contributed by atoms with Crippen LogP contribution in [0.1, 0.15) is 5.56 Å². The van der Waals surface area contributed by atoms with Gasteiger partial charge in [0.05, 0.1) is 23.0 Å². The zero-order chi connectivity index (χ0) is 12.3. The molecule has 16 heavy (non-hydrogen) atoms. The molecule has 0 aliphatic heterocycles. The Morgan fingerprint density at radius 2 is 2.06 bits per heavy atom. The first-order valence-corrected chi connectivity index (χ1v) is 4.02. The summed E-state index contributed by atoms with van der Waals surface area (Å²) < 4.78 is 35.7. The molecule has 0 atom stereocenters. The number of alkyl halides is 3. The molecule has 0 aromatic heterocycles. The fourth-order valence-electron chi connectivity index (χ4n) is 0.939. The van der Waals surface area contributed by atoms with Crippen molar-refractivity contribution >= 4 is 17.3 Å². The third-order valence-corrected chi connectivity index (χ3v) is 1.69. The molecule has 1 aromatic carbocycles. The van der Waals surface area contributed by atoms with Crippen LogP contribution < -0.4 is 11.1 Å². The van der Waals surface area contributed by atoms with E-state index in [2.05, 4.69) is 0 Å². The van der Waals surface area contributed by atoms with E-state index < -0.39 is 12.1 Å². The molecular formula is C9H6F3N3O. The molecule has 0 saturated carbocycles. The summed E-state index contributed by atoms with van der Waals surface area (Å²) in [6.07, 6.45) is -4.97. The molecule has 1 amide bonds. The topological polar surface area (TPSA) is 78.9 Å². The third kappa shape index (κ3) is 2.63. The van der Waals surface area contributed by atoms with Gasteiger partial charge in [0.1, 0.15) is 0 Å².